The Hall–Kier alpha value is -0.0800. The van der Waals surface area contributed by atoms with Crippen LogP contribution in [0.15, 0.2) is 0 Å². The Bertz CT molecular complexity index is 105. The molecule has 0 radical (unpaired) electrons. The molecule has 0 spiro atoms. The van der Waals surface area contributed by atoms with Gasteiger partial charge in [0.2, 0.25) is 0 Å². The smallest absolute Gasteiger partial charge is 0.0580 e. The Balaban J connectivity index is 2.38. The van der Waals surface area contributed by atoms with Gasteiger partial charge in [-0.2, -0.15) is 0 Å². The van der Waals surface area contributed by atoms with Gasteiger partial charge in [0.25, 0.3) is 0 Å². The molecule has 1 fully saturated rings. The van der Waals surface area contributed by atoms with E-state index in [2.05, 4.69) is 6.92 Å². The molecule has 2 heteroatoms. The minimum absolute atomic E-state index is 0.124. The third-order valence-electron chi connectivity index (χ3n) is 2.51. The molecule has 0 aromatic rings. The maximum atomic E-state index is 9.41. The van der Waals surface area contributed by atoms with Crippen molar-refractivity contribution in [2.45, 2.75) is 32.3 Å². The maximum absolute atomic E-state index is 9.41. The summed E-state index contributed by atoms with van der Waals surface area (Å²) in [5.41, 5.74) is 5.50. The topological polar surface area (TPSA) is 46.2 Å². The van der Waals surface area contributed by atoms with E-state index >= 15 is 0 Å². The average Bonchev–Trinajstić information content (AvgIpc) is 1.94. The van der Waals surface area contributed by atoms with Crippen LogP contribution in [0.1, 0.15) is 26.2 Å². The van der Waals surface area contributed by atoms with Crippen LogP contribution in [0.3, 0.4) is 0 Å². The molecule has 3 atom stereocenters. The molecule has 0 aliphatic heterocycles. The van der Waals surface area contributed by atoms with Crippen LogP contribution in [-0.4, -0.2) is 17.8 Å². The van der Waals surface area contributed by atoms with Gasteiger partial charge in [-0.25, -0.2) is 0 Å². The van der Waals surface area contributed by atoms with E-state index in [0.717, 1.165) is 25.2 Å². The van der Waals surface area contributed by atoms with Gasteiger partial charge in [0, 0.05) is 0 Å². The summed E-state index contributed by atoms with van der Waals surface area (Å²) in [7, 11) is 0. The van der Waals surface area contributed by atoms with Crippen molar-refractivity contribution >= 4 is 0 Å². The van der Waals surface area contributed by atoms with E-state index in [1.54, 1.807) is 0 Å². The fraction of sp³-hybridized carbons (Fsp3) is 1.00. The van der Waals surface area contributed by atoms with E-state index in [9.17, 15) is 5.11 Å². The van der Waals surface area contributed by atoms with Gasteiger partial charge in [0.05, 0.1) is 6.10 Å². The zero-order valence-corrected chi connectivity index (χ0v) is 6.59. The highest BCUT2D eigenvalue weighted by molar-refractivity contribution is 4.78. The van der Waals surface area contributed by atoms with Crippen molar-refractivity contribution in [1.29, 1.82) is 0 Å². The molecule has 0 heterocycles. The molecule has 3 unspecified atom stereocenters. The maximum Gasteiger partial charge on any atom is 0.0580 e. The average molecular weight is 143 g/mol. The first-order valence-electron chi connectivity index (χ1n) is 4.12. The van der Waals surface area contributed by atoms with Crippen molar-refractivity contribution in [1.82, 2.24) is 0 Å². The lowest BCUT2D eigenvalue weighted by molar-refractivity contribution is 0.0561. The molecule has 1 saturated carbocycles. The van der Waals surface area contributed by atoms with Crippen molar-refractivity contribution in [3.8, 4) is 0 Å². The van der Waals surface area contributed by atoms with Gasteiger partial charge in [-0.05, 0) is 37.6 Å². The molecule has 10 heavy (non-hydrogen) atoms. The van der Waals surface area contributed by atoms with Crippen LogP contribution in [0.2, 0.25) is 0 Å². The standard InChI is InChI=1S/C8H17NO/c1-6-2-3-8(10)7(4-6)5-9/h6-8,10H,2-5,9H2,1H3. The van der Waals surface area contributed by atoms with Crippen LogP contribution >= 0.6 is 0 Å². The number of aliphatic hydroxyl groups is 1. The molecule has 1 aliphatic rings. The second-order valence-electron chi connectivity index (χ2n) is 3.48. The summed E-state index contributed by atoms with van der Waals surface area (Å²) in [5.74, 6) is 1.13. The highest BCUT2D eigenvalue weighted by Crippen LogP contribution is 2.27. The first kappa shape index (κ1) is 8.02. The summed E-state index contributed by atoms with van der Waals surface area (Å²) in [6.45, 7) is 2.88. The van der Waals surface area contributed by atoms with E-state index in [0.29, 0.717) is 12.5 Å². The molecule has 60 valence electrons. The summed E-state index contributed by atoms with van der Waals surface area (Å²) in [5, 5.41) is 9.41. The lowest BCUT2D eigenvalue weighted by atomic mass is 9.80. The predicted molar refractivity (Wildman–Crippen MR) is 41.6 cm³/mol. The fourth-order valence-electron chi connectivity index (χ4n) is 1.74. The number of aliphatic hydroxyl groups excluding tert-OH is 1. The van der Waals surface area contributed by atoms with E-state index in [1.807, 2.05) is 0 Å². The molecular formula is C8H17NO. The largest absolute Gasteiger partial charge is 0.393 e. The Kier molecular flexibility index (Phi) is 2.69. The van der Waals surface area contributed by atoms with Crippen LogP contribution in [-0.2, 0) is 0 Å². The highest BCUT2D eigenvalue weighted by atomic mass is 16.3. The molecule has 0 saturated heterocycles. The summed E-state index contributed by atoms with van der Waals surface area (Å²) >= 11 is 0. The Labute approximate surface area is 62.4 Å². The van der Waals surface area contributed by atoms with Gasteiger partial charge in [0.1, 0.15) is 0 Å². The zero-order chi connectivity index (χ0) is 7.56. The molecule has 1 aliphatic carbocycles. The van der Waals surface area contributed by atoms with Gasteiger partial charge in [-0.3, -0.25) is 0 Å². The fourth-order valence-corrected chi connectivity index (χ4v) is 1.74. The highest BCUT2D eigenvalue weighted by Gasteiger charge is 2.25. The summed E-state index contributed by atoms with van der Waals surface area (Å²) in [6.07, 6.45) is 3.10. The van der Waals surface area contributed by atoms with Crippen LogP contribution in [0.4, 0.5) is 0 Å². The van der Waals surface area contributed by atoms with Gasteiger partial charge >= 0.3 is 0 Å². The van der Waals surface area contributed by atoms with E-state index in [1.165, 1.54) is 0 Å². The van der Waals surface area contributed by atoms with E-state index in [4.69, 9.17) is 5.73 Å². The molecule has 0 aromatic heterocycles. The van der Waals surface area contributed by atoms with E-state index < -0.39 is 0 Å². The van der Waals surface area contributed by atoms with Crippen molar-refractivity contribution in [2.24, 2.45) is 17.6 Å². The lowest BCUT2D eigenvalue weighted by Gasteiger charge is -2.30. The SMILES string of the molecule is CC1CCC(O)C(CN)C1. The molecule has 1 rings (SSSR count). The van der Waals surface area contributed by atoms with Crippen molar-refractivity contribution in [3.05, 3.63) is 0 Å². The molecule has 3 N–H and O–H groups in total. The number of hydrogen-bond donors (Lipinski definition) is 2. The summed E-state index contributed by atoms with van der Waals surface area (Å²) in [4.78, 5) is 0. The quantitative estimate of drug-likeness (QED) is 0.568. The molecular weight excluding hydrogens is 126 g/mol. The van der Waals surface area contributed by atoms with Crippen LogP contribution in [0, 0.1) is 11.8 Å². The number of nitrogens with two attached hydrogens (primary N) is 1. The summed E-state index contributed by atoms with van der Waals surface area (Å²) in [6, 6.07) is 0. The van der Waals surface area contributed by atoms with Crippen LogP contribution < -0.4 is 5.73 Å². The van der Waals surface area contributed by atoms with Crippen molar-refractivity contribution in [3.63, 3.8) is 0 Å². The minimum Gasteiger partial charge on any atom is -0.393 e. The van der Waals surface area contributed by atoms with E-state index in [-0.39, 0.29) is 6.10 Å². The molecule has 0 aromatic carbocycles. The molecule has 0 bridgehead atoms. The second kappa shape index (κ2) is 3.35. The Morgan fingerprint density at radius 2 is 2.20 bits per heavy atom. The first-order chi connectivity index (χ1) is 4.74. The van der Waals surface area contributed by atoms with Gasteiger partial charge < -0.3 is 10.8 Å². The third-order valence-corrected chi connectivity index (χ3v) is 2.51. The van der Waals surface area contributed by atoms with Crippen molar-refractivity contribution < 1.29 is 5.11 Å². The molecule has 2 nitrogen and oxygen atoms in total. The van der Waals surface area contributed by atoms with Crippen molar-refractivity contribution in [2.75, 3.05) is 6.54 Å². The predicted octanol–water partition coefficient (Wildman–Crippen LogP) is 0.742. The van der Waals surface area contributed by atoms with Crippen LogP contribution in [0.25, 0.3) is 0 Å². The van der Waals surface area contributed by atoms with Gasteiger partial charge in [-0.15, -0.1) is 0 Å². The lowest BCUT2D eigenvalue weighted by Crippen LogP contribution is -2.33. The Morgan fingerprint density at radius 3 is 2.70 bits per heavy atom. The van der Waals surface area contributed by atoms with Gasteiger partial charge in [-0.1, -0.05) is 6.92 Å². The summed E-state index contributed by atoms with van der Waals surface area (Å²) < 4.78 is 0. The third kappa shape index (κ3) is 1.70. The monoisotopic (exact) mass is 143 g/mol. The second-order valence-corrected chi connectivity index (χ2v) is 3.48. The zero-order valence-electron chi connectivity index (χ0n) is 6.59. The first-order valence-corrected chi connectivity index (χ1v) is 4.12. The molecule has 0 amide bonds. The normalized spacial score (nSPS) is 41.7. The minimum atomic E-state index is -0.124. The Morgan fingerprint density at radius 1 is 1.50 bits per heavy atom. The van der Waals surface area contributed by atoms with Crippen LogP contribution in [0.5, 0.6) is 0 Å². The van der Waals surface area contributed by atoms with Gasteiger partial charge in [0.15, 0.2) is 0 Å². The number of hydrogen-bond acceptors (Lipinski definition) is 2. The number of rotatable bonds is 1.